The number of hydrogen-bond acceptors (Lipinski definition) is 6. The van der Waals surface area contributed by atoms with Crippen molar-refractivity contribution in [3.8, 4) is 0 Å². The van der Waals surface area contributed by atoms with E-state index in [2.05, 4.69) is 10.3 Å². The molecule has 1 atom stereocenters. The van der Waals surface area contributed by atoms with Crippen LogP contribution in [-0.4, -0.2) is 46.9 Å². The predicted octanol–water partition coefficient (Wildman–Crippen LogP) is 2.75. The lowest BCUT2D eigenvalue weighted by Crippen LogP contribution is -2.38. The zero-order chi connectivity index (χ0) is 18.7. The molecule has 2 fully saturated rings. The Morgan fingerprint density at radius 1 is 1.31 bits per heavy atom. The first-order valence-electron chi connectivity index (χ1n) is 9.24. The van der Waals surface area contributed by atoms with Crippen LogP contribution in [0.2, 0.25) is 0 Å². The number of nitrogens with one attached hydrogen (secondary N) is 1. The molecule has 0 aromatic carbocycles. The molecular formula is C18H25N3O4S. The number of carbonyl (C=O) groups excluding carboxylic acids is 3. The summed E-state index contributed by atoms with van der Waals surface area (Å²) in [7, 11) is 0. The molecule has 1 saturated carbocycles. The molecule has 8 heteroatoms. The third-order valence-corrected chi connectivity index (χ3v) is 6.09. The van der Waals surface area contributed by atoms with Crippen molar-refractivity contribution in [2.45, 2.75) is 58.4 Å². The van der Waals surface area contributed by atoms with Crippen molar-refractivity contribution in [2.75, 3.05) is 18.5 Å². The van der Waals surface area contributed by atoms with E-state index in [1.807, 2.05) is 4.90 Å². The minimum Gasteiger partial charge on any atom is -0.462 e. The van der Waals surface area contributed by atoms with E-state index in [9.17, 15) is 14.4 Å². The zero-order valence-electron chi connectivity index (χ0n) is 15.2. The smallest absolute Gasteiger partial charge is 0.350 e. The van der Waals surface area contributed by atoms with Gasteiger partial charge in [0.25, 0.3) is 0 Å². The number of likely N-dealkylation sites (tertiary alicyclic amines) is 1. The standard InChI is InChI=1S/C18H25N3O4S/c1-3-25-17(24)15-11(2)19-18(26-15)20-16(23)12-9-14(22)21(10-12)13-7-5-4-6-8-13/h12-13H,3-10H2,1-2H3,(H,19,20,23). The van der Waals surface area contributed by atoms with E-state index in [0.29, 0.717) is 28.9 Å². The number of ether oxygens (including phenoxy) is 1. The molecule has 1 saturated heterocycles. The molecule has 0 radical (unpaired) electrons. The number of thiazole rings is 1. The molecule has 3 rings (SSSR count). The van der Waals surface area contributed by atoms with Crippen LogP contribution >= 0.6 is 11.3 Å². The first kappa shape index (κ1) is 18.8. The van der Waals surface area contributed by atoms with Gasteiger partial charge in [-0.1, -0.05) is 30.6 Å². The van der Waals surface area contributed by atoms with Gasteiger partial charge in [0.15, 0.2) is 5.13 Å². The van der Waals surface area contributed by atoms with Crippen LogP contribution < -0.4 is 5.32 Å². The molecule has 2 aliphatic rings. The molecule has 1 aliphatic carbocycles. The van der Waals surface area contributed by atoms with Gasteiger partial charge in [-0.25, -0.2) is 9.78 Å². The molecule has 1 aromatic heterocycles. The van der Waals surface area contributed by atoms with Gasteiger partial charge >= 0.3 is 5.97 Å². The number of anilines is 1. The van der Waals surface area contributed by atoms with E-state index in [-0.39, 0.29) is 30.2 Å². The highest BCUT2D eigenvalue weighted by Gasteiger charge is 2.38. The first-order chi connectivity index (χ1) is 12.5. The Morgan fingerprint density at radius 2 is 2.04 bits per heavy atom. The van der Waals surface area contributed by atoms with Gasteiger partial charge < -0.3 is 15.0 Å². The monoisotopic (exact) mass is 379 g/mol. The molecule has 1 N–H and O–H groups in total. The number of aromatic nitrogens is 1. The van der Waals surface area contributed by atoms with Crippen LogP contribution in [0.4, 0.5) is 5.13 Å². The van der Waals surface area contributed by atoms with Crippen LogP contribution in [0.25, 0.3) is 0 Å². The quantitative estimate of drug-likeness (QED) is 0.795. The van der Waals surface area contributed by atoms with Crippen molar-refractivity contribution in [3.63, 3.8) is 0 Å². The van der Waals surface area contributed by atoms with E-state index in [1.54, 1.807) is 13.8 Å². The van der Waals surface area contributed by atoms with Gasteiger partial charge in [-0.3, -0.25) is 9.59 Å². The van der Waals surface area contributed by atoms with Crippen molar-refractivity contribution in [3.05, 3.63) is 10.6 Å². The maximum Gasteiger partial charge on any atom is 0.350 e. The zero-order valence-corrected chi connectivity index (χ0v) is 16.1. The van der Waals surface area contributed by atoms with Gasteiger partial charge in [0.1, 0.15) is 4.88 Å². The topological polar surface area (TPSA) is 88.6 Å². The van der Waals surface area contributed by atoms with Gasteiger partial charge in [-0.15, -0.1) is 0 Å². The highest BCUT2D eigenvalue weighted by Crippen LogP contribution is 2.30. The lowest BCUT2D eigenvalue weighted by atomic mass is 9.94. The number of carbonyl (C=O) groups is 3. The maximum absolute atomic E-state index is 12.6. The summed E-state index contributed by atoms with van der Waals surface area (Å²) in [5.41, 5.74) is 0.537. The van der Waals surface area contributed by atoms with E-state index >= 15 is 0 Å². The Balaban J connectivity index is 1.61. The van der Waals surface area contributed by atoms with Crippen molar-refractivity contribution < 1.29 is 19.1 Å². The van der Waals surface area contributed by atoms with Crippen LogP contribution in [0.15, 0.2) is 0 Å². The van der Waals surface area contributed by atoms with Gasteiger partial charge in [0.05, 0.1) is 18.2 Å². The molecule has 2 heterocycles. The number of esters is 1. The highest BCUT2D eigenvalue weighted by atomic mass is 32.1. The summed E-state index contributed by atoms with van der Waals surface area (Å²) in [6.45, 7) is 4.22. The molecule has 7 nitrogen and oxygen atoms in total. The normalized spacial score (nSPS) is 21.1. The highest BCUT2D eigenvalue weighted by molar-refractivity contribution is 7.17. The van der Waals surface area contributed by atoms with E-state index < -0.39 is 5.97 Å². The third-order valence-electron chi connectivity index (χ3n) is 5.03. The third kappa shape index (κ3) is 4.06. The van der Waals surface area contributed by atoms with Crippen molar-refractivity contribution >= 4 is 34.3 Å². The second-order valence-electron chi connectivity index (χ2n) is 6.88. The Kier molecular flexibility index (Phi) is 5.90. The molecule has 142 valence electrons. The van der Waals surface area contributed by atoms with Gasteiger partial charge in [-0.2, -0.15) is 0 Å². The van der Waals surface area contributed by atoms with Crippen LogP contribution in [0.3, 0.4) is 0 Å². The molecule has 26 heavy (non-hydrogen) atoms. The van der Waals surface area contributed by atoms with Crippen LogP contribution in [0, 0.1) is 12.8 Å². The second kappa shape index (κ2) is 8.16. The Labute approximate surface area is 157 Å². The average molecular weight is 379 g/mol. The molecule has 1 aromatic rings. The average Bonchev–Trinajstić information content (AvgIpc) is 3.19. The number of nitrogens with zero attached hydrogens (tertiary/aromatic N) is 2. The fourth-order valence-electron chi connectivity index (χ4n) is 3.70. The van der Waals surface area contributed by atoms with Crippen molar-refractivity contribution in [1.29, 1.82) is 0 Å². The SMILES string of the molecule is CCOC(=O)c1sc(NC(=O)C2CC(=O)N(C3CCCCC3)C2)nc1C. The van der Waals surface area contributed by atoms with Gasteiger partial charge in [0.2, 0.25) is 11.8 Å². The summed E-state index contributed by atoms with van der Waals surface area (Å²) in [5, 5.41) is 3.14. The van der Waals surface area contributed by atoms with Crippen molar-refractivity contribution in [1.82, 2.24) is 9.88 Å². The molecule has 2 amide bonds. The van der Waals surface area contributed by atoms with E-state index in [0.717, 1.165) is 37.0 Å². The largest absolute Gasteiger partial charge is 0.462 e. The summed E-state index contributed by atoms with van der Waals surface area (Å²) in [6.07, 6.45) is 5.86. The molecule has 0 spiro atoms. The molecular weight excluding hydrogens is 354 g/mol. The Bertz CT molecular complexity index is 697. The van der Waals surface area contributed by atoms with E-state index in [4.69, 9.17) is 4.74 Å². The second-order valence-corrected chi connectivity index (χ2v) is 7.88. The van der Waals surface area contributed by atoms with Gasteiger partial charge in [0, 0.05) is 19.0 Å². The maximum atomic E-state index is 12.6. The van der Waals surface area contributed by atoms with Crippen LogP contribution in [0.1, 0.15) is 60.8 Å². The summed E-state index contributed by atoms with van der Waals surface area (Å²) in [5.74, 6) is -0.928. The molecule has 1 unspecified atom stereocenters. The Hall–Kier alpha value is -1.96. The van der Waals surface area contributed by atoms with E-state index in [1.165, 1.54) is 6.42 Å². The summed E-state index contributed by atoms with van der Waals surface area (Å²) < 4.78 is 4.99. The molecule has 1 aliphatic heterocycles. The summed E-state index contributed by atoms with van der Waals surface area (Å²) in [6, 6.07) is 0.284. The number of hydrogen-bond donors (Lipinski definition) is 1. The van der Waals surface area contributed by atoms with Gasteiger partial charge in [-0.05, 0) is 26.7 Å². The lowest BCUT2D eigenvalue weighted by Gasteiger charge is -2.31. The number of aryl methyl sites for hydroxylation is 1. The lowest BCUT2D eigenvalue weighted by molar-refractivity contribution is -0.130. The summed E-state index contributed by atoms with van der Waals surface area (Å²) >= 11 is 1.11. The first-order valence-corrected chi connectivity index (χ1v) is 10.1. The minimum atomic E-state index is -0.428. The van der Waals surface area contributed by atoms with Crippen LogP contribution in [0.5, 0.6) is 0 Å². The van der Waals surface area contributed by atoms with Crippen molar-refractivity contribution in [2.24, 2.45) is 5.92 Å². The summed E-state index contributed by atoms with van der Waals surface area (Å²) in [4.78, 5) is 43.3. The molecule has 0 bridgehead atoms. The fraction of sp³-hybridized carbons (Fsp3) is 0.667. The fourth-order valence-corrected chi connectivity index (χ4v) is 4.56. The predicted molar refractivity (Wildman–Crippen MR) is 98.1 cm³/mol. The Morgan fingerprint density at radius 3 is 2.73 bits per heavy atom. The number of rotatable bonds is 5. The van der Waals surface area contributed by atoms with Crippen LogP contribution in [-0.2, 0) is 14.3 Å². The number of amides is 2. The minimum absolute atomic E-state index is 0.0691.